The molecule has 5 nitrogen and oxygen atoms in total. The number of nitrogens with one attached hydrogen (secondary N) is 1. The Hall–Kier alpha value is -1.65. The number of aromatic nitrogens is 2. The fourth-order valence-electron chi connectivity index (χ4n) is 1.14. The van der Waals surface area contributed by atoms with E-state index < -0.39 is 0 Å². The lowest BCUT2D eigenvalue weighted by atomic mass is 10.2. The van der Waals surface area contributed by atoms with Gasteiger partial charge in [0, 0.05) is 13.1 Å². The topological polar surface area (TPSA) is 78.9 Å². The molecule has 0 aliphatic carbocycles. The molecular weight excluding hydrogens is 190 g/mol. The normalized spacial score (nSPS) is 12.2. The Kier molecular flexibility index (Phi) is 3.60. The quantitative estimate of drug-likeness (QED) is 0.570. The summed E-state index contributed by atoms with van der Waals surface area (Å²) in [6.07, 6.45) is 4.21. The van der Waals surface area contributed by atoms with Crippen LogP contribution in [0.1, 0.15) is 26.0 Å². The fourth-order valence-corrected chi connectivity index (χ4v) is 1.14. The summed E-state index contributed by atoms with van der Waals surface area (Å²) >= 11 is 0. The van der Waals surface area contributed by atoms with Crippen LogP contribution in [0, 0.1) is 5.41 Å². The molecule has 0 saturated carbocycles. The molecule has 0 radical (unpaired) electrons. The van der Waals surface area contributed by atoms with Crippen LogP contribution in [0.5, 0.6) is 0 Å². The van der Waals surface area contributed by atoms with E-state index in [4.69, 9.17) is 11.1 Å². The van der Waals surface area contributed by atoms with Crippen LogP contribution in [0.3, 0.4) is 0 Å². The highest BCUT2D eigenvalue weighted by molar-refractivity contribution is 5.92. The molecule has 0 bridgehead atoms. The van der Waals surface area contributed by atoms with E-state index in [0.29, 0.717) is 11.7 Å². The molecule has 1 heterocycles. The third-order valence-electron chi connectivity index (χ3n) is 2.53. The molecule has 0 aromatic carbocycles. The van der Waals surface area contributed by atoms with E-state index in [-0.39, 0.29) is 5.84 Å². The number of nitrogens with two attached hydrogens (primary N) is 1. The maximum atomic E-state index is 7.20. The molecule has 0 saturated heterocycles. The first-order valence-electron chi connectivity index (χ1n) is 4.95. The van der Waals surface area contributed by atoms with Gasteiger partial charge >= 0.3 is 0 Å². The maximum Gasteiger partial charge on any atom is 0.147 e. The minimum Gasteiger partial charge on any atom is -0.382 e. The third kappa shape index (κ3) is 2.65. The van der Waals surface area contributed by atoms with Crippen molar-refractivity contribution in [3.63, 3.8) is 0 Å². The van der Waals surface area contributed by atoms with E-state index in [1.807, 2.05) is 7.05 Å². The van der Waals surface area contributed by atoms with Gasteiger partial charge in [-0.1, -0.05) is 6.92 Å². The zero-order valence-electron chi connectivity index (χ0n) is 9.36. The Balaban J connectivity index is 2.84. The summed E-state index contributed by atoms with van der Waals surface area (Å²) < 4.78 is 0. The first-order valence-corrected chi connectivity index (χ1v) is 4.95. The van der Waals surface area contributed by atoms with Crippen LogP contribution in [-0.4, -0.2) is 28.9 Å². The first-order chi connectivity index (χ1) is 7.06. The summed E-state index contributed by atoms with van der Waals surface area (Å²) in [5, 5.41) is 7.20. The van der Waals surface area contributed by atoms with Gasteiger partial charge < -0.3 is 10.6 Å². The third-order valence-corrected chi connectivity index (χ3v) is 2.53. The molecule has 5 heteroatoms. The van der Waals surface area contributed by atoms with Crippen molar-refractivity contribution in [3.8, 4) is 0 Å². The highest BCUT2D eigenvalue weighted by atomic mass is 15.2. The fraction of sp³-hybridized carbons (Fsp3) is 0.500. The van der Waals surface area contributed by atoms with Crippen molar-refractivity contribution in [2.45, 2.75) is 26.3 Å². The van der Waals surface area contributed by atoms with Gasteiger partial charge in [-0.3, -0.25) is 5.41 Å². The number of anilines is 1. The van der Waals surface area contributed by atoms with Crippen molar-refractivity contribution in [3.05, 3.63) is 18.1 Å². The van der Waals surface area contributed by atoms with Gasteiger partial charge in [-0.15, -0.1) is 0 Å². The molecule has 0 aliphatic heterocycles. The number of hydrogen-bond acceptors (Lipinski definition) is 4. The minimum atomic E-state index is -0.0553. The Morgan fingerprint density at radius 2 is 2.20 bits per heavy atom. The van der Waals surface area contributed by atoms with Crippen LogP contribution in [0.25, 0.3) is 0 Å². The molecule has 1 atom stereocenters. The van der Waals surface area contributed by atoms with E-state index >= 15 is 0 Å². The summed E-state index contributed by atoms with van der Waals surface area (Å²) in [4.78, 5) is 10.3. The Morgan fingerprint density at radius 1 is 1.53 bits per heavy atom. The van der Waals surface area contributed by atoms with E-state index in [2.05, 4.69) is 28.7 Å². The molecule has 0 spiro atoms. The molecule has 0 fully saturated rings. The van der Waals surface area contributed by atoms with Gasteiger partial charge in [0.1, 0.15) is 17.3 Å². The van der Waals surface area contributed by atoms with E-state index in [0.717, 1.165) is 12.2 Å². The van der Waals surface area contributed by atoms with E-state index in [1.54, 1.807) is 6.20 Å². The first kappa shape index (κ1) is 11.4. The highest BCUT2D eigenvalue weighted by Gasteiger charge is 2.09. The summed E-state index contributed by atoms with van der Waals surface area (Å²) in [5.74, 6) is 0.745. The van der Waals surface area contributed by atoms with Gasteiger partial charge in [-0.2, -0.15) is 0 Å². The van der Waals surface area contributed by atoms with E-state index in [1.165, 1.54) is 6.20 Å². The van der Waals surface area contributed by atoms with Crippen molar-refractivity contribution in [2.24, 2.45) is 5.73 Å². The molecule has 1 rings (SSSR count). The second-order valence-electron chi connectivity index (χ2n) is 3.54. The molecule has 1 unspecified atom stereocenters. The highest BCUT2D eigenvalue weighted by Crippen LogP contribution is 2.11. The maximum absolute atomic E-state index is 7.20. The Morgan fingerprint density at radius 3 is 2.60 bits per heavy atom. The summed E-state index contributed by atoms with van der Waals surface area (Å²) in [6.45, 7) is 4.25. The average molecular weight is 207 g/mol. The molecule has 15 heavy (non-hydrogen) atoms. The summed E-state index contributed by atoms with van der Waals surface area (Å²) in [5.41, 5.74) is 5.71. The number of nitrogens with zero attached hydrogens (tertiary/aromatic N) is 3. The van der Waals surface area contributed by atoms with Gasteiger partial charge in [0.05, 0.1) is 12.4 Å². The largest absolute Gasteiger partial charge is 0.382 e. The molecule has 82 valence electrons. The van der Waals surface area contributed by atoms with Crippen LogP contribution < -0.4 is 10.6 Å². The lowest BCUT2D eigenvalue weighted by Crippen LogP contribution is -2.29. The molecule has 0 aliphatic rings. The van der Waals surface area contributed by atoms with Crippen LogP contribution in [-0.2, 0) is 0 Å². The number of amidine groups is 1. The van der Waals surface area contributed by atoms with Crippen LogP contribution in [0.4, 0.5) is 5.82 Å². The minimum absolute atomic E-state index is 0.0553. The summed E-state index contributed by atoms with van der Waals surface area (Å²) in [6, 6.07) is 0.419. The summed E-state index contributed by atoms with van der Waals surface area (Å²) in [7, 11) is 1.98. The van der Waals surface area contributed by atoms with Gasteiger partial charge in [0.15, 0.2) is 0 Å². The molecule has 0 amide bonds. The van der Waals surface area contributed by atoms with Gasteiger partial charge in [-0.05, 0) is 13.3 Å². The molecular formula is C10H17N5. The number of hydrogen-bond donors (Lipinski definition) is 2. The lowest BCUT2D eigenvalue weighted by molar-refractivity contribution is 0.655. The van der Waals surface area contributed by atoms with Crippen molar-refractivity contribution in [1.82, 2.24) is 9.97 Å². The predicted octanol–water partition coefficient (Wildman–Crippen LogP) is 0.995. The van der Waals surface area contributed by atoms with Crippen molar-refractivity contribution in [1.29, 1.82) is 5.41 Å². The standard InChI is InChI=1S/C10H17N5/c1-4-7(2)15(3)9-6-13-8(5-14-9)10(11)12/h5-7H,4H2,1-3H3,(H3,11,12). The Labute approximate surface area is 89.8 Å². The average Bonchev–Trinajstić information content (AvgIpc) is 2.27. The van der Waals surface area contributed by atoms with Crippen molar-refractivity contribution in [2.75, 3.05) is 11.9 Å². The number of rotatable bonds is 4. The molecule has 1 aromatic rings. The van der Waals surface area contributed by atoms with Crippen LogP contribution in [0.15, 0.2) is 12.4 Å². The van der Waals surface area contributed by atoms with Crippen LogP contribution >= 0.6 is 0 Å². The zero-order chi connectivity index (χ0) is 11.4. The second kappa shape index (κ2) is 4.72. The van der Waals surface area contributed by atoms with Crippen molar-refractivity contribution >= 4 is 11.7 Å². The predicted molar refractivity (Wildman–Crippen MR) is 61.2 cm³/mol. The number of nitrogen functional groups attached to an aromatic ring is 1. The molecule has 1 aromatic heterocycles. The van der Waals surface area contributed by atoms with Gasteiger partial charge in [0.2, 0.25) is 0 Å². The molecule has 3 N–H and O–H groups in total. The lowest BCUT2D eigenvalue weighted by Gasteiger charge is -2.24. The zero-order valence-corrected chi connectivity index (χ0v) is 9.36. The van der Waals surface area contributed by atoms with E-state index in [9.17, 15) is 0 Å². The Bertz CT molecular complexity index is 332. The van der Waals surface area contributed by atoms with Crippen LogP contribution in [0.2, 0.25) is 0 Å². The smallest absolute Gasteiger partial charge is 0.147 e. The SMILES string of the molecule is CCC(C)N(C)c1cnc(C(=N)N)cn1. The van der Waals surface area contributed by atoms with Gasteiger partial charge in [0.25, 0.3) is 0 Å². The second-order valence-corrected chi connectivity index (χ2v) is 3.54. The monoisotopic (exact) mass is 207 g/mol. The van der Waals surface area contributed by atoms with Gasteiger partial charge in [-0.25, -0.2) is 9.97 Å². The van der Waals surface area contributed by atoms with Crippen molar-refractivity contribution < 1.29 is 0 Å².